The molecular weight excluding hydrogens is 376 g/mol. The largest absolute Gasteiger partial charge is 0.508 e. The van der Waals surface area contributed by atoms with E-state index in [1.807, 2.05) is 0 Å². The lowest BCUT2D eigenvalue weighted by Gasteiger charge is -2.12. The molecule has 7 heteroatoms. The van der Waals surface area contributed by atoms with E-state index in [4.69, 9.17) is 4.42 Å². The Morgan fingerprint density at radius 2 is 1.45 bits per heavy atom. The summed E-state index contributed by atoms with van der Waals surface area (Å²) >= 11 is 0. The highest BCUT2D eigenvalue weighted by Crippen LogP contribution is 2.37. The summed E-state index contributed by atoms with van der Waals surface area (Å²) in [5, 5.41) is 49.2. The first-order valence-electron chi connectivity index (χ1n) is 8.65. The summed E-state index contributed by atoms with van der Waals surface area (Å²) in [4.78, 5) is 12.7. The molecule has 0 saturated heterocycles. The fraction of sp³-hybridized carbons (Fsp3) is 0.0455. The van der Waals surface area contributed by atoms with Gasteiger partial charge in [0.1, 0.15) is 34.0 Å². The minimum absolute atomic E-state index is 0.00522. The van der Waals surface area contributed by atoms with Gasteiger partial charge in [0.2, 0.25) is 0 Å². The van der Waals surface area contributed by atoms with Crippen molar-refractivity contribution in [2.75, 3.05) is 0 Å². The van der Waals surface area contributed by atoms with Crippen LogP contribution in [0.15, 0.2) is 63.8 Å². The zero-order chi connectivity index (χ0) is 20.7. The van der Waals surface area contributed by atoms with E-state index >= 15 is 0 Å². The van der Waals surface area contributed by atoms with Crippen LogP contribution >= 0.6 is 0 Å². The number of fused-ring (bicyclic) bond motifs is 1. The van der Waals surface area contributed by atoms with Gasteiger partial charge in [-0.05, 0) is 35.9 Å². The Balaban J connectivity index is 1.95. The number of phenolic OH excluding ortho intramolecular Hbond substituents is 5. The standard InChI is InChI=1S/C22H16O7/c23-13-4-1-11(2-5-13)7-14-16(25)9-18(27)21-19(28)10-20(29-22(14)21)12-3-6-15(24)17(26)8-12/h1-6,8-10,23-27H,7H2. The molecule has 146 valence electrons. The molecule has 7 nitrogen and oxygen atoms in total. The lowest BCUT2D eigenvalue weighted by Crippen LogP contribution is -2.03. The third kappa shape index (κ3) is 3.29. The van der Waals surface area contributed by atoms with Gasteiger partial charge >= 0.3 is 0 Å². The molecule has 0 aliphatic heterocycles. The lowest BCUT2D eigenvalue weighted by atomic mass is 10.00. The number of rotatable bonds is 3. The van der Waals surface area contributed by atoms with Crippen molar-refractivity contribution in [3.8, 4) is 40.1 Å². The monoisotopic (exact) mass is 392 g/mol. The van der Waals surface area contributed by atoms with Crippen molar-refractivity contribution in [3.05, 3.63) is 75.9 Å². The van der Waals surface area contributed by atoms with E-state index in [9.17, 15) is 30.3 Å². The number of phenols is 5. The molecule has 0 unspecified atom stereocenters. The first-order chi connectivity index (χ1) is 13.8. The van der Waals surface area contributed by atoms with Crippen LogP contribution in [0.25, 0.3) is 22.3 Å². The summed E-state index contributed by atoms with van der Waals surface area (Å²) in [6.07, 6.45) is 0.177. The van der Waals surface area contributed by atoms with Gasteiger partial charge in [-0.25, -0.2) is 0 Å². The van der Waals surface area contributed by atoms with E-state index in [1.165, 1.54) is 30.3 Å². The van der Waals surface area contributed by atoms with Gasteiger partial charge in [0.05, 0.1) is 0 Å². The third-order valence-electron chi connectivity index (χ3n) is 4.64. The van der Waals surface area contributed by atoms with Crippen molar-refractivity contribution < 1.29 is 29.9 Å². The van der Waals surface area contributed by atoms with Gasteiger partial charge in [-0.1, -0.05) is 12.1 Å². The van der Waals surface area contributed by atoms with Crippen LogP contribution in [-0.2, 0) is 6.42 Å². The molecule has 3 aromatic carbocycles. The molecule has 0 aliphatic rings. The highest BCUT2D eigenvalue weighted by atomic mass is 16.3. The Labute approximate surface area is 164 Å². The SMILES string of the molecule is O=c1cc(-c2ccc(O)c(O)c2)oc2c(Cc3ccc(O)cc3)c(O)cc(O)c12. The first-order valence-corrected chi connectivity index (χ1v) is 8.65. The zero-order valence-electron chi connectivity index (χ0n) is 15.0. The second-order valence-electron chi connectivity index (χ2n) is 6.62. The Morgan fingerprint density at radius 3 is 2.14 bits per heavy atom. The van der Waals surface area contributed by atoms with Gasteiger partial charge in [-0.3, -0.25) is 4.79 Å². The first kappa shape index (κ1) is 18.2. The predicted octanol–water partition coefficient (Wildman–Crippen LogP) is 3.58. The molecule has 0 saturated carbocycles. The van der Waals surface area contributed by atoms with E-state index in [1.54, 1.807) is 12.1 Å². The molecule has 0 fully saturated rings. The van der Waals surface area contributed by atoms with Gasteiger partial charge in [-0.2, -0.15) is 0 Å². The van der Waals surface area contributed by atoms with Gasteiger partial charge in [-0.15, -0.1) is 0 Å². The predicted molar refractivity (Wildman–Crippen MR) is 105 cm³/mol. The van der Waals surface area contributed by atoms with Crippen LogP contribution in [0.5, 0.6) is 28.7 Å². The van der Waals surface area contributed by atoms with Crippen molar-refractivity contribution in [1.82, 2.24) is 0 Å². The summed E-state index contributed by atoms with van der Waals surface area (Å²) < 4.78 is 5.85. The Bertz CT molecular complexity index is 1290. The van der Waals surface area contributed by atoms with E-state index < -0.39 is 11.2 Å². The molecule has 0 spiro atoms. The van der Waals surface area contributed by atoms with E-state index in [0.29, 0.717) is 5.56 Å². The summed E-state index contributed by atoms with van der Waals surface area (Å²) in [6.45, 7) is 0. The minimum Gasteiger partial charge on any atom is -0.508 e. The number of benzene rings is 3. The molecule has 0 radical (unpaired) electrons. The van der Waals surface area contributed by atoms with Crippen LogP contribution in [0.2, 0.25) is 0 Å². The molecule has 0 bridgehead atoms. The van der Waals surface area contributed by atoms with Crippen molar-refractivity contribution in [1.29, 1.82) is 0 Å². The Morgan fingerprint density at radius 1 is 0.724 bits per heavy atom. The number of aromatic hydroxyl groups is 5. The summed E-state index contributed by atoms with van der Waals surface area (Å²) in [6, 6.07) is 12.5. The maximum atomic E-state index is 12.7. The molecule has 4 rings (SSSR count). The summed E-state index contributed by atoms with van der Waals surface area (Å²) in [7, 11) is 0. The van der Waals surface area contributed by atoms with Crippen molar-refractivity contribution in [2.24, 2.45) is 0 Å². The van der Waals surface area contributed by atoms with E-state index in [0.717, 1.165) is 17.7 Å². The van der Waals surface area contributed by atoms with Crippen LogP contribution < -0.4 is 5.43 Å². The third-order valence-corrected chi connectivity index (χ3v) is 4.64. The Hall–Kier alpha value is -4.13. The smallest absolute Gasteiger partial charge is 0.197 e. The number of hydrogen-bond acceptors (Lipinski definition) is 7. The second kappa shape index (κ2) is 6.79. The van der Waals surface area contributed by atoms with Crippen LogP contribution in [0.3, 0.4) is 0 Å². The molecule has 1 aromatic heterocycles. The van der Waals surface area contributed by atoms with Crippen molar-refractivity contribution in [2.45, 2.75) is 6.42 Å². The second-order valence-corrected chi connectivity index (χ2v) is 6.62. The summed E-state index contributed by atoms with van der Waals surface area (Å²) in [5.74, 6) is -1.18. The Kier molecular flexibility index (Phi) is 4.27. The topological polar surface area (TPSA) is 131 Å². The molecular formula is C22H16O7. The summed E-state index contributed by atoms with van der Waals surface area (Å²) in [5.41, 5.74) is 0.826. The highest BCUT2D eigenvalue weighted by molar-refractivity contribution is 5.89. The van der Waals surface area contributed by atoms with Gasteiger partial charge < -0.3 is 29.9 Å². The average molecular weight is 392 g/mol. The van der Waals surface area contributed by atoms with Crippen molar-refractivity contribution >= 4 is 11.0 Å². The zero-order valence-corrected chi connectivity index (χ0v) is 15.0. The van der Waals surface area contributed by atoms with Crippen LogP contribution in [-0.4, -0.2) is 25.5 Å². The maximum absolute atomic E-state index is 12.7. The van der Waals surface area contributed by atoms with Crippen LogP contribution in [0.1, 0.15) is 11.1 Å². The van der Waals surface area contributed by atoms with Crippen molar-refractivity contribution in [3.63, 3.8) is 0 Å². The molecule has 29 heavy (non-hydrogen) atoms. The fourth-order valence-corrected chi connectivity index (χ4v) is 3.16. The average Bonchev–Trinajstić information content (AvgIpc) is 2.68. The minimum atomic E-state index is -0.529. The van der Waals surface area contributed by atoms with Gasteiger partial charge in [0.25, 0.3) is 0 Å². The number of hydrogen-bond donors (Lipinski definition) is 5. The van der Waals surface area contributed by atoms with E-state index in [2.05, 4.69) is 0 Å². The maximum Gasteiger partial charge on any atom is 0.197 e. The van der Waals surface area contributed by atoms with Crippen LogP contribution in [0, 0.1) is 0 Å². The van der Waals surface area contributed by atoms with E-state index in [-0.39, 0.29) is 51.7 Å². The molecule has 0 atom stereocenters. The normalized spacial score (nSPS) is 11.0. The molecule has 0 aliphatic carbocycles. The quantitative estimate of drug-likeness (QED) is 0.337. The molecule has 1 heterocycles. The van der Waals surface area contributed by atoms with Gasteiger partial charge in [0.15, 0.2) is 16.9 Å². The fourth-order valence-electron chi connectivity index (χ4n) is 3.16. The van der Waals surface area contributed by atoms with Crippen LogP contribution in [0.4, 0.5) is 0 Å². The highest BCUT2D eigenvalue weighted by Gasteiger charge is 2.19. The molecule has 0 amide bonds. The molecule has 4 aromatic rings. The van der Waals surface area contributed by atoms with Gasteiger partial charge in [0, 0.05) is 29.7 Å². The molecule has 5 N–H and O–H groups in total. The lowest BCUT2D eigenvalue weighted by molar-refractivity contribution is 0.404.